The minimum absolute atomic E-state index is 0.0584. The summed E-state index contributed by atoms with van der Waals surface area (Å²) in [5.74, 6) is 1.82. The van der Waals surface area contributed by atoms with E-state index in [0.717, 1.165) is 39.0 Å². The van der Waals surface area contributed by atoms with Crippen LogP contribution < -0.4 is 9.16 Å². The van der Waals surface area contributed by atoms with E-state index in [0.29, 0.717) is 0 Å². The molecular formula is C27H36O3Si. The molecule has 0 spiro atoms. The number of rotatable bonds is 4. The fourth-order valence-corrected chi connectivity index (χ4v) is 4.56. The predicted octanol–water partition coefficient (Wildman–Crippen LogP) is 7.90. The number of ether oxygens (including phenoxy) is 1. The zero-order valence-electron chi connectivity index (χ0n) is 20.4. The molecule has 1 N–H and O–H groups in total. The van der Waals surface area contributed by atoms with Crippen LogP contribution in [0.2, 0.25) is 18.1 Å². The van der Waals surface area contributed by atoms with Crippen molar-refractivity contribution in [1.82, 2.24) is 0 Å². The summed E-state index contributed by atoms with van der Waals surface area (Å²) in [4.78, 5) is 0. The van der Waals surface area contributed by atoms with E-state index >= 15 is 0 Å². The topological polar surface area (TPSA) is 38.7 Å². The molecule has 0 aliphatic heterocycles. The highest BCUT2D eigenvalue weighted by Gasteiger charge is 2.39. The van der Waals surface area contributed by atoms with Crippen LogP contribution in [-0.2, 0) is 5.41 Å². The van der Waals surface area contributed by atoms with Crippen molar-refractivity contribution in [2.75, 3.05) is 7.11 Å². The number of methoxy groups -OCH3 is 1. The predicted molar refractivity (Wildman–Crippen MR) is 134 cm³/mol. The van der Waals surface area contributed by atoms with Gasteiger partial charge in [-0.2, -0.15) is 0 Å². The maximum Gasteiger partial charge on any atom is 0.250 e. The van der Waals surface area contributed by atoms with E-state index in [1.54, 1.807) is 7.11 Å². The Morgan fingerprint density at radius 3 is 2.10 bits per heavy atom. The first-order valence-electron chi connectivity index (χ1n) is 10.9. The monoisotopic (exact) mass is 436 g/mol. The van der Waals surface area contributed by atoms with Gasteiger partial charge in [0.25, 0.3) is 8.32 Å². The van der Waals surface area contributed by atoms with Crippen LogP contribution in [0.25, 0.3) is 21.9 Å². The zero-order valence-corrected chi connectivity index (χ0v) is 21.4. The summed E-state index contributed by atoms with van der Waals surface area (Å²) in [5.41, 5.74) is 2.28. The lowest BCUT2D eigenvalue weighted by Gasteiger charge is -2.37. The highest BCUT2D eigenvalue weighted by molar-refractivity contribution is 6.74. The second-order valence-electron chi connectivity index (χ2n) is 10.8. The number of phenols is 1. The van der Waals surface area contributed by atoms with E-state index < -0.39 is 8.32 Å². The van der Waals surface area contributed by atoms with E-state index in [1.165, 1.54) is 0 Å². The van der Waals surface area contributed by atoms with Gasteiger partial charge < -0.3 is 14.3 Å². The number of hydrogen-bond acceptors (Lipinski definition) is 3. The minimum Gasteiger partial charge on any atom is -0.543 e. The summed E-state index contributed by atoms with van der Waals surface area (Å²) in [5, 5.41) is 13.7. The lowest BCUT2D eigenvalue weighted by atomic mass is 9.83. The molecule has 3 aromatic carbocycles. The summed E-state index contributed by atoms with van der Waals surface area (Å²) in [6.07, 6.45) is 0. The van der Waals surface area contributed by atoms with Crippen LogP contribution in [0.1, 0.15) is 47.1 Å². The van der Waals surface area contributed by atoms with Crippen molar-refractivity contribution in [1.29, 1.82) is 0 Å². The van der Waals surface area contributed by atoms with Gasteiger partial charge in [-0.25, -0.2) is 0 Å². The first-order chi connectivity index (χ1) is 14.3. The molecule has 4 heteroatoms. The van der Waals surface area contributed by atoms with Crippen molar-refractivity contribution in [3.05, 3.63) is 54.1 Å². The fraction of sp³-hybridized carbons (Fsp3) is 0.407. The summed E-state index contributed by atoms with van der Waals surface area (Å²) < 4.78 is 12.4. The molecule has 0 bridgehead atoms. The quantitative estimate of drug-likeness (QED) is 0.422. The van der Waals surface area contributed by atoms with Crippen molar-refractivity contribution < 1.29 is 14.3 Å². The van der Waals surface area contributed by atoms with Gasteiger partial charge >= 0.3 is 0 Å². The first kappa shape index (κ1) is 23.2. The van der Waals surface area contributed by atoms with E-state index in [4.69, 9.17) is 9.16 Å². The third-order valence-corrected chi connectivity index (χ3v) is 10.8. The van der Waals surface area contributed by atoms with Crippen LogP contribution in [-0.4, -0.2) is 20.5 Å². The highest BCUT2D eigenvalue weighted by Crippen LogP contribution is 2.48. The molecule has 0 radical (unpaired) electrons. The van der Waals surface area contributed by atoms with Crippen molar-refractivity contribution >= 4 is 19.1 Å². The average Bonchev–Trinajstić information content (AvgIpc) is 2.66. The Balaban J connectivity index is 2.39. The standard InChI is InChI=1S/C27H36O3Si/c1-26(2,3)22-17-19(29-7)16-21(25(22)28)24-20-13-11-10-12-18(20)14-15-23(24)30-31(8,9)27(4,5)6/h10-17,28H,1-9H3. The van der Waals surface area contributed by atoms with Gasteiger partial charge in [0.2, 0.25) is 0 Å². The van der Waals surface area contributed by atoms with Gasteiger partial charge in [-0.3, -0.25) is 0 Å². The van der Waals surface area contributed by atoms with Crippen LogP contribution in [0, 0.1) is 0 Å². The third kappa shape index (κ3) is 4.45. The van der Waals surface area contributed by atoms with Crippen molar-refractivity contribution in [2.45, 2.75) is 65.1 Å². The summed E-state index contributed by atoms with van der Waals surface area (Å²) >= 11 is 0. The van der Waals surface area contributed by atoms with Gasteiger partial charge in [-0.1, -0.05) is 71.9 Å². The van der Waals surface area contributed by atoms with Crippen molar-refractivity contribution in [3.8, 4) is 28.4 Å². The SMILES string of the molecule is COc1cc(-c2c(O[Si](C)(C)C(C)(C)C)ccc3ccccc23)c(O)c(C(C)(C)C)c1. The average molecular weight is 437 g/mol. The molecule has 31 heavy (non-hydrogen) atoms. The van der Waals surface area contributed by atoms with Crippen LogP contribution in [0.5, 0.6) is 17.2 Å². The first-order valence-corrected chi connectivity index (χ1v) is 13.8. The maximum atomic E-state index is 11.4. The molecule has 166 valence electrons. The minimum atomic E-state index is -2.10. The van der Waals surface area contributed by atoms with E-state index in [1.807, 2.05) is 30.3 Å². The van der Waals surface area contributed by atoms with Crippen LogP contribution >= 0.6 is 0 Å². The van der Waals surface area contributed by atoms with Crippen LogP contribution in [0.15, 0.2) is 48.5 Å². The molecule has 3 aromatic rings. The Hall–Kier alpha value is -2.46. The normalized spacial score (nSPS) is 12.8. The molecule has 0 saturated carbocycles. The molecule has 3 nitrogen and oxygen atoms in total. The largest absolute Gasteiger partial charge is 0.543 e. The van der Waals surface area contributed by atoms with Gasteiger partial charge in [0.1, 0.15) is 17.2 Å². The molecule has 3 rings (SSSR count). The summed E-state index contributed by atoms with van der Waals surface area (Å²) in [6.45, 7) is 17.5. The van der Waals surface area contributed by atoms with Gasteiger partial charge in [0.05, 0.1) is 7.11 Å². The van der Waals surface area contributed by atoms with Crippen molar-refractivity contribution in [2.24, 2.45) is 0 Å². The van der Waals surface area contributed by atoms with Gasteiger partial charge in [0, 0.05) is 16.7 Å². The van der Waals surface area contributed by atoms with Crippen molar-refractivity contribution in [3.63, 3.8) is 0 Å². The fourth-order valence-electron chi connectivity index (χ4n) is 3.53. The summed E-state index contributed by atoms with van der Waals surface area (Å²) in [7, 11) is -0.434. The second-order valence-corrected chi connectivity index (χ2v) is 15.6. The molecule has 0 amide bonds. The van der Waals surface area contributed by atoms with E-state index in [2.05, 4.69) is 72.8 Å². The summed E-state index contributed by atoms with van der Waals surface area (Å²) in [6, 6.07) is 16.3. The smallest absolute Gasteiger partial charge is 0.250 e. The number of fused-ring (bicyclic) bond motifs is 1. The third-order valence-electron chi connectivity index (χ3n) is 6.46. The Morgan fingerprint density at radius 2 is 1.52 bits per heavy atom. The van der Waals surface area contributed by atoms with Crippen LogP contribution in [0.4, 0.5) is 0 Å². The molecule has 0 aliphatic carbocycles. The lowest BCUT2D eigenvalue weighted by molar-refractivity contribution is 0.406. The Labute approximate surface area is 188 Å². The molecule has 0 saturated heterocycles. The molecule has 0 aliphatic rings. The number of aromatic hydroxyl groups is 1. The van der Waals surface area contributed by atoms with E-state index in [9.17, 15) is 5.11 Å². The maximum absolute atomic E-state index is 11.4. The molecule has 0 heterocycles. The van der Waals surface area contributed by atoms with Gasteiger partial charge in [-0.15, -0.1) is 0 Å². The molecule has 0 aromatic heterocycles. The zero-order chi connectivity index (χ0) is 23.2. The Morgan fingerprint density at radius 1 is 0.871 bits per heavy atom. The van der Waals surface area contributed by atoms with E-state index in [-0.39, 0.29) is 16.2 Å². The second kappa shape index (κ2) is 7.90. The molecule has 0 unspecified atom stereocenters. The molecule has 0 atom stereocenters. The molecular weight excluding hydrogens is 400 g/mol. The Bertz CT molecular complexity index is 1100. The molecule has 0 fully saturated rings. The van der Waals surface area contributed by atoms with Gasteiger partial charge in [0.15, 0.2) is 0 Å². The van der Waals surface area contributed by atoms with Crippen LogP contribution in [0.3, 0.4) is 0 Å². The lowest BCUT2D eigenvalue weighted by Crippen LogP contribution is -2.44. The Kier molecular flexibility index (Phi) is 5.92. The number of phenolic OH excluding ortho intramolecular Hbond substituents is 1. The number of hydrogen-bond donors (Lipinski definition) is 1. The highest BCUT2D eigenvalue weighted by atomic mass is 28.4. The number of benzene rings is 3. The van der Waals surface area contributed by atoms with Gasteiger partial charge in [-0.05, 0) is 52.5 Å².